The molecule has 0 saturated carbocycles. The second-order valence-corrected chi connectivity index (χ2v) is 5.23. The van der Waals surface area contributed by atoms with Crippen molar-refractivity contribution in [1.29, 1.82) is 0 Å². The van der Waals surface area contributed by atoms with Crippen molar-refractivity contribution in [2.75, 3.05) is 11.9 Å². The van der Waals surface area contributed by atoms with Crippen molar-refractivity contribution >= 4 is 23.3 Å². The van der Waals surface area contributed by atoms with Crippen molar-refractivity contribution in [3.8, 4) is 0 Å². The third-order valence-electron chi connectivity index (χ3n) is 3.62. The van der Waals surface area contributed by atoms with E-state index in [1.807, 2.05) is 25.1 Å². The first-order valence-corrected chi connectivity index (χ1v) is 7.63. The second-order valence-electron chi connectivity index (χ2n) is 5.23. The number of anilines is 1. The number of fused-ring (bicyclic) bond motifs is 1. The van der Waals surface area contributed by atoms with Crippen LogP contribution in [0.25, 0.3) is 5.65 Å². The molecule has 2 aromatic heterocycles. The summed E-state index contributed by atoms with van der Waals surface area (Å²) in [5.41, 5.74) is 2.03. The van der Waals surface area contributed by atoms with E-state index in [9.17, 15) is 9.59 Å². The number of aromatic nitrogens is 2. The minimum atomic E-state index is -0.568. The molecular formula is C18H17N3O3. The summed E-state index contributed by atoms with van der Waals surface area (Å²) in [6.07, 6.45) is 1.73. The van der Waals surface area contributed by atoms with Crippen LogP contribution in [0.5, 0.6) is 0 Å². The molecule has 0 aliphatic rings. The van der Waals surface area contributed by atoms with Gasteiger partial charge in [-0.25, -0.2) is 9.78 Å². The molecule has 6 heteroatoms. The topological polar surface area (TPSA) is 72.7 Å². The molecule has 0 fully saturated rings. The Morgan fingerprint density at radius 3 is 2.67 bits per heavy atom. The van der Waals surface area contributed by atoms with Crippen LogP contribution in [-0.4, -0.2) is 27.9 Å². The van der Waals surface area contributed by atoms with E-state index in [-0.39, 0.29) is 18.2 Å². The molecule has 2 heterocycles. The quantitative estimate of drug-likeness (QED) is 0.749. The van der Waals surface area contributed by atoms with Crippen molar-refractivity contribution in [3.63, 3.8) is 0 Å². The van der Waals surface area contributed by atoms with E-state index in [1.165, 1.54) is 0 Å². The van der Waals surface area contributed by atoms with Crippen LogP contribution in [0.1, 0.15) is 33.3 Å². The van der Waals surface area contributed by atoms with Crippen LogP contribution < -0.4 is 5.32 Å². The van der Waals surface area contributed by atoms with Gasteiger partial charge in [-0.2, -0.15) is 0 Å². The maximum atomic E-state index is 12.6. The predicted octanol–water partition coefficient (Wildman–Crippen LogP) is 3.07. The van der Waals surface area contributed by atoms with Gasteiger partial charge in [0, 0.05) is 11.8 Å². The number of esters is 1. The van der Waals surface area contributed by atoms with Crippen LogP contribution in [0.3, 0.4) is 0 Å². The van der Waals surface area contributed by atoms with Gasteiger partial charge in [0.15, 0.2) is 11.5 Å². The van der Waals surface area contributed by atoms with Crippen LogP contribution in [0.15, 0.2) is 48.7 Å². The van der Waals surface area contributed by atoms with E-state index >= 15 is 0 Å². The third kappa shape index (κ3) is 2.86. The zero-order valence-electron chi connectivity index (χ0n) is 13.4. The molecule has 0 spiro atoms. The van der Waals surface area contributed by atoms with Crippen molar-refractivity contribution in [2.24, 2.45) is 0 Å². The van der Waals surface area contributed by atoms with Crippen LogP contribution in [0.4, 0.5) is 5.82 Å². The fourth-order valence-corrected chi connectivity index (χ4v) is 2.46. The fraction of sp³-hybridized carbons (Fsp3) is 0.167. The molecule has 0 unspecified atom stereocenters. The van der Waals surface area contributed by atoms with Crippen molar-refractivity contribution in [1.82, 2.24) is 9.38 Å². The highest BCUT2D eigenvalue weighted by Crippen LogP contribution is 2.20. The molecule has 1 amide bonds. The Balaban J connectivity index is 2.04. The lowest BCUT2D eigenvalue weighted by Crippen LogP contribution is -2.17. The fourth-order valence-electron chi connectivity index (χ4n) is 2.46. The maximum absolute atomic E-state index is 12.6. The summed E-state index contributed by atoms with van der Waals surface area (Å²) in [6.45, 7) is 3.81. The molecule has 0 saturated heterocycles. The number of rotatable bonds is 4. The number of carbonyl (C=O) groups excluding carboxylic acids is 2. The Morgan fingerprint density at radius 1 is 1.17 bits per heavy atom. The summed E-state index contributed by atoms with van der Waals surface area (Å²) in [5, 5.41) is 2.79. The summed E-state index contributed by atoms with van der Waals surface area (Å²) in [7, 11) is 0. The third-order valence-corrected chi connectivity index (χ3v) is 3.62. The zero-order chi connectivity index (χ0) is 17.1. The summed E-state index contributed by atoms with van der Waals surface area (Å²) in [4.78, 5) is 29.0. The molecule has 6 nitrogen and oxygen atoms in total. The van der Waals surface area contributed by atoms with Gasteiger partial charge >= 0.3 is 5.97 Å². The largest absolute Gasteiger partial charge is 0.461 e. The second kappa shape index (κ2) is 6.54. The summed E-state index contributed by atoms with van der Waals surface area (Å²) in [6, 6.07) is 12.6. The zero-order valence-corrected chi connectivity index (χ0v) is 13.4. The summed E-state index contributed by atoms with van der Waals surface area (Å²) < 4.78 is 6.70. The van der Waals surface area contributed by atoms with Crippen LogP contribution >= 0.6 is 0 Å². The lowest BCUT2D eigenvalue weighted by molar-refractivity contribution is 0.0521. The number of hydrogen-bond acceptors (Lipinski definition) is 4. The Kier molecular flexibility index (Phi) is 4.29. The highest BCUT2D eigenvalue weighted by molar-refractivity contribution is 6.08. The van der Waals surface area contributed by atoms with Crippen molar-refractivity contribution in [2.45, 2.75) is 13.8 Å². The molecule has 0 aliphatic heterocycles. The van der Waals surface area contributed by atoms with Gasteiger partial charge in [0.1, 0.15) is 5.65 Å². The monoisotopic (exact) mass is 323 g/mol. The molecule has 1 aromatic carbocycles. The molecule has 0 bridgehead atoms. The van der Waals surface area contributed by atoms with Gasteiger partial charge in [-0.3, -0.25) is 9.20 Å². The number of nitrogens with one attached hydrogen (secondary N) is 1. The Bertz CT molecular complexity index is 915. The summed E-state index contributed by atoms with van der Waals surface area (Å²) >= 11 is 0. The normalized spacial score (nSPS) is 10.6. The SMILES string of the molecule is CCOC(=O)c1nc2ccccn2c1NC(=O)c1ccccc1C. The molecule has 24 heavy (non-hydrogen) atoms. The number of carbonyl (C=O) groups is 2. The molecular weight excluding hydrogens is 306 g/mol. The minimum Gasteiger partial charge on any atom is -0.461 e. The average Bonchev–Trinajstić information content (AvgIpc) is 2.94. The molecule has 0 aliphatic carbocycles. The van der Waals surface area contributed by atoms with E-state index in [0.717, 1.165) is 5.56 Å². The lowest BCUT2D eigenvalue weighted by Gasteiger charge is -2.09. The van der Waals surface area contributed by atoms with Gasteiger partial charge in [0.05, 0.1) is 6.61 Å². The van der Waals surface area contributed by atoms with E-state index in [4.69, 9.17) is 4.74 Å². The minimum absolute atomic E-state index is 0.0879. The highest BCUT2D eigenvalue weighted by atomic mass is 16.5. The van der Waals surface area contributed by atoms with Gasteiger partial charge in [0.2, 0.25) is 0 Å². The molecule has 122 valence electrons. The molecule has 1 N–H and O–H groups in total. The smallest absolute Gasteiger partial charge is 0.360 e. The van der Waals surface area contributed by atoms with Crippen LogP contribution in [0, 0.1) is 6.92 Å². The number of aryl methyl sites for hydroxylation is 1. The highest BCUT2D eigenvalue weighted by Gasteiger charge is 2.22. The van der Waals surface area contributed by atoms with E-state index in [2.05, 4.69) is 10.3 Å². The predicted molar refractivity (Wildman–Crippen MR) is 90.3 cm³/mol. The number of hydrogen-bond donors (Lipinski definition) is 1. The Hall–Kier alpha value is -3.15. The van der Waals surface area contributed by atoms with E-state index in [0.29, 0.717) is 17.0 Å². The Morgan fingerprint density at radius 2 is 1.92 bits per heavy atom. The standard InChI is InChI=1S/C18H17N3O3/c1-3-24-18(23)15-16(21-11-7-6-10-14(21)19-15)20-17(22)13-9-5-4-8-12(13)2/h4-11H,3H2,1-2H3,(H,20,22). The van der Waals surface area contributed by atoms with Gasteiger partial charge in [-0.1, -0.05) is 24.3 Å². The van der Waals surface area contributed by atoms with Crippen molar-refractivity contribution in [3.05, 3.63) is 65.5 Å². The molecule has 3 rings (SSSR count). The maximum Gasteiger partial charge on any atom is 0.360 e. The first-order valence-electron chi connectivity index (χ1n) is 7.63. The lowest BCUT2D eigenvalue weighted by atomic mass is 10.1. The average molecular weight is 323 g/mol. The number of ether oxygens (including phenoxy) is 1. The Labute approximate surface area is 139 Å². The van der Waals surface area contributed by atoms with Crippen LogP contribution in [0.2, 0.25) is 0 Å². The van der Waals surface area contributed by atoms with E-state index in [1.54, 1.807) is 41.8 Å². The number of imidazole rings is 1. The van der Waals surface area contributed by atoms with Crippen LogP contribution in [-0.2, 0) is 4.74 Å². The summed E-state index contributed by atoms with van der Waals surface area (Å²) in [5.74, 6) is -0.567. The number of pyridine rings is 1. The molecule has 3 aromatic rings. The first kappa shape index (κ1) is 15.7. The van der Waals surface area contributed by atoms with Crippen molar-refractivity contribution < 1.29 is 14.3 Å². The van der Waals surface area contributed by atoms with Gasteiger partial charge in [-0.15, -0.1) is 0 Å². The van der Waals surface area contributed by atoms with Gasteiger partial charge < -0.3 is 10.1 Å². The number of amides is 1. The number of nitrogens with zero attached hydrogens (tertiary/aromatic N) is 2. The van der Waals surface area contributed by atoms with Gasteiger partial charge in [-0.05, 0) is 37.6 Å². The van der Waals surface area contributed by atoms with Gasteiger partial charge in [0.25, 0.3) is 5.91 Å². The first-order chi connectivity index (χ1) is 11.6. The molecule has 0 radical (unpaired) electrons. The van der Waals surface area contributed by atoms with E-state index < -0.39 is 5.97 Å². The molecule has 0 atom stereocenters. The number of benzene rings is 1.